The van der Waals surface area contributed by atoms with Gasteiger partial charge in [-0.05, 0) is 18.1 Å². The van der Waals surface area contributed by atoms with Crippen molar-refractivity contribution in [2.75, 3.05) is 25.6 Å². The Hall–Kier alpha value is -0.930. The van der Waals surface area contributed by atoms with E-state index < -0.39 is 0 Å². The van der Waals surface area contributed by atoms with Crippen molar-refractivity contribution in [3.63, 3.8) is 0 Å². The summed E-state index contributed by atoms with van der Waals surface area (Å²) in [5.41, 5.74) is 1.16. The molecule has 0 aliphatic carbocycles. The summed E-state index contributed by atoms with van der Waals surface area (Å²) in [5, 5.41) is 0. The van der Waals surface area contributed by atoms with Gasteiger partial charge >= 0.3 is 0 Å². The van der Waals surface area contributed by atoms with E-state index in [1.54, 1.807) is 0 Å². The van der Waals surface area contributed by atoms with Crippen LogP contribution in [0.2, 0.25) is 0 Å². The van der Waals surface area contributed by atoms with Gasteiger partial charge in [0, 0.05) is 5.75 Å². The zero-order valence-electron chi connectivity index (χ0n) is 9.39. The number of allylic oxidation sites excluding steroid dienone is 1. The molecule has 0 heterocycles. The summed E-state index contributed by atoms with van der Waals surface area (Å²) in [6, 6.07) is 7.99. The first-order chi connectivity index (χ1) is 7.88. The number of hydrogen-bond donors (Lipinski definition) is 1. The molecule has 0 atom stereocenters. The Morgan fingerprint density at radius 3 is 2.75 bits per heavy atom. The zero-order valence-corrected chi connectivity index (χ0v) is 10.3. The minimum absolute atomic E-state index is 0.571. The third-order valence-corrected chi connectivity index (χ3v) is 2.24. The molecule has 0 aliphatic rings. The normalized spacial score (nSPS) is 10.1. The van der Waals surface area contributed by atoms with Gasteiger partial charge in [0.25, 0.3) is 0 Å². The van der Waals surface area contributed by atoms with E-state index in [4.69, 9.17) is 9.47 Å². The van der Waals surface area contributed by atoms with E-state index in [-0.39, 0.29) is 0 Å². The average molecular weight is 238 g/mol. The second kappa shape index (κ2) is 8.25. The SMILES string of the molecule is C=CCc1ccccc1OCCOCCS. The Labute approximate surface area is 103 Å². The molecule has 88 valence electrons. The van der Waals surface area contributed by atoms with Gasteiger partial charge in [-0.2, -0.15) is 12.6 Å². The maximum Gasteiger partial charge on any atom is 0.122 e. The van der Waals surface area contributed by atoms with Gasteiger partial charge in [0.05, 0.1) is 13.2 Å². The van der Waals surface area contributed by atoms with Crippen LogP contribution in [0.3, 0.4) is 0 Å². The number of ether oxygens (including phenoxy) is 2. The van der Waals surface area contributed by atoms with Crippen LogP contribution in [0, 0.1) is 0 Å². The second-order valence-corrected chi connectivity index (χ2v) is 3.73. The van der Waals surface area contributed by atoms with Crippen LogP contribution >= 0.6 is 12.6 Å². The fourth-order valence-electron chi connectivity index (χ4n) is 1.35. The summed E-state index contributed by atoms with van der Waals surface area (Å²) >= 11 is 4.06. The van der Waals surface area contributed by atoms with E-state index in [1.165, 1.54) is 0 Å². The van der Waals surface area contributed by atoms with E-state index in [1.807, 2.05) is 30.3 Å². The van der Waals surface area contributed by atoms with E-state index in [2.05, 4.69) is 19.2 Å². The molecule has 2 nitrogen and oxygen atoms in total. The molecule has 0 aromatic heterocycles. The Morgan fingerprint density at radius 1 is 1.19 bits per heavy atom. The lowest BCUT2D eigenvalue weighted by Crippen LogP contribution is -2.08. The van der Waals surface area contributed by atoms with Crippen molar-refractivity contribution in [3.8, 4) is 5.75 Å². The van der Waals surface area contributed by atoms with Crippen LogP contribution in [0.4, 0.5) is 0 Å². The van der Waals surface area contributed by atoms with Crippen LogP contribution in [0.5, 0.6) is 5.75 Å². The first-order valence-electron chi connectivity index (χ1n) is 5.38. The number of benzene rings is 1. The lowest BCUT2D eigenvalue weighted by atomic mass is 10.1. The van der Waals surface area contributed by atoms with Gasteiger partial charge in [0.2, 0.25) is 0 Å². The molecule has 0 unspecified atom stereocenters. The summed E-state index contributed by atoms with van der Waals surface area (Å²) in [4.78, 5) is 0. The topological polar surface area (TPSA) is 18.5 Å². The molecular weight excluding hydrogens is 220 g/mol. The number of rotatable bonds is 8. The van der Waals surface area contributed by atoms with Crippen molar-refractivity contribution in [2.24, 2.45) is 0 Å². The van der Waals surface area contributed by atoms with Crippen molar-refractivity contribution in [2.45, 2.75) is 6.42 Å². The molecule has 0 saturated heterocycles. The lowest BCUT2D eigenvalue weighted by Gasteiger charge is -2.10. The summed E-state index contributed by atoms with van der Waals surface area (Å²) in [7, 11) is 0. The van der Waals surface area contributed by atoms with Crippen molar-refractivity contribution < 1.29 is 9.47 Å². The smallest absolute Gasteiger partial charge is 0.122 e. The van der Waals surface area contributed by atoms with Gasteiger partial charge in [-0.3, -0.25) is 0 Å². The minimum atomic E-state index is 0.571. The zero-order chi connectivity index (χ0) is 11.6. The van der Waals surface area contributed by atoms with Crippen molar-refractivity contribution in [1.29, 1.82) is 0 Å². The highest BCUT2D eigenvalue weighted by Crippen LogP contribution is 2.18. The Bertz CT molecular complexity index is 313. The summed E-state index contributed by atoms with van der Waals surface area (Å²) in [6.07, 6.45) is 2.70. The van der Waals surface area contributed by atoms with Crippen LogP contribution in [0.1, 0.15) is 5.56 Å². The molecular formula is C13H18O2S. The summed E-state index contributed by atoms with van der Waals surface area (Å²) in [6.45, 7) is 5.57. The predicted molar refractivity (Wildman–Crippen MR) is 70.5 cm³/mol. The molecule has 3 heteroatoms. The van der Waals surface area contributed by atoms with E-state index in [9.17, 15) is 0 Å². The Morgan fingerprint density at radius 2 is 2.00 bits per heavy atom. The first-order valence-corrected chi connectivity index (χ1v) is 6.02. The Balaban J connectivity index is 2.37. The molecule has 0 bridgehead atoms. The molecule has 0 aliphatic heterocycles. The van der Waals surface area contributed by atoms with Crippen LogP contribution < -0.4 is 4.74 Å². The van der Waals surface area contributed by atoms with E-state index in [0.29, 0.717) is 19.8 Å². The van der Waals surface area contributed by atoms with Crippen molar-refractivity contribution in [3.05, 3.63) is 42.5 Å². The molecule has 1 aromatic rings. The van der Waals surface area contributed by atoms with Crippen molar-refractivity contribution >= 4 is 12.6 Å². The fourth-order valence-corrected chi connectivity index (χ4v) is 1.48. The number of para-hydroxylation sites is 1. The van der Waals surface area contributed by atoms with Gasteiger partial charge in [0.15, 0.2) is 0 Å². The largest absolute Gasteiger partial charge is 0.491 e. The molecule has 1 aromatic carbocycles. The average Bonchev–Trinajstić information content (AvgIpc) is 2.31. The molecule has 1 rings (SSSR count). The van der Waals surface area contributed by atoms with Gasteiger partial charge in [-0.1, -0.05) is 24.3 Å². The van der Waals surface area contributed by atoms with E-state index in [0.717, 1.165) is 23.5 Å². The highest BCUT2D eigenvalue weighted by atomic mass is 32.1. The fraction of sp³-hybridized carbons (Fsp3) is 0.385. The molecule has 0 radical (unpaired) electrons. The molecule has 0 saturated carbocycles. The third kappa shape index (κ3) is 4.73. The standard InChI is InChI=1S/C13H18O2S/c1-2-5-12-6-3-4-7-13(12)15-9-8-14-10-11-16/h2-4,6-7,16H,1,5,8-11H2. The summed E-state index contributed by atoms with van der Waals surface area (Å²) in [5.74, 6) is 1.66. The van der Waals surface area contributed by atoms with Crippen LogP contribution in [0.25, 0.3) is 0 Å². The molecule has 16 heavy (non-hydrogen) atoms. The van der Waals surface area contributed by atoms with E-state index >= 15 is 0 Å². The van der Waals surface area contributed by atoms with Crippen LogP contribution in [-0.4, -0.2) is 25.6 Å². The number of thiol groups is 1. The van der Waals surface area contributed by atoms with Gasteiger partial charge in [0.1, 0.15) is 12.4 Å². The van der Waals surface area contributed by atoms with Gasteiger partial charge in [-0.25, -0.2) is 0 Å². The molecule has 0 N–H and O–H groups in total. The molecule has 0 spiro atoms. The minimum Gasteiger partial charge on any atom is -0.491 e. The second-order valence-electron chi connectivity index (χ2n) is 3.28. The monoisotopic (exact) mass is 238 g/mol. The van der Waals surface area contributed by atoms with Gasteiger partial charge in [-0.15, -0.1) is 6.58 Å². The first kappa shape index (κ1) is 13.1. The van der Waals surface area contributed by atoms with Crippen LogP contribution in [0.15, 0.2) is 36.9 Å². The molecule has 0 fully saturated rings. The van der Waals surface area contributed by atoms with Gasteiger partial charge < -0.3 is 9.47 Å². The maximum absolute atomic E-state index is 5.64. The highest BCUT2D eigenvalue weighted by molar-refractivity contribution is 7.80. The lowest BCUT2D eigenvalue weighted by molar-refractivity contribution is 0.112. The number of hydrogen-bond acceptors (Lipinski definition) is 3. The quantitative estimate of drug-likeness (QED) is 0.426. The maximum atomic E-state index is 5.64. The highest BCUT2D eigenvalue weighted by Gasteiger charge is 2.00. The predicted octanol–water partition coefficient (Wildman–Crippen LogP) is 2.74. The van der Waals surface area contributed by atoms with Crippen molar-refractivity contribution in [1.82, 2.24) is 0 Å². The third-order valence-electron chi connectivity index (χ3n) is 2.06. The Kier molecular flexibility index (Phi) is 6.77. The molecule has 0 amide bonds. The van der Waals surface area contributed by atoms with Crippen LogP contribution in [-0.2, 0) is 11.2 Å². The summed E-state index contributed by atoms with van der Waals surface area (Å²) < 4.78 is 10.9.